The summed E-state index contributed by atoms with van der Waals surface area (Å²) in [4.78, 5) is 12.4. The summed E-state index contributed by atoms with van der Waals surface area (Å²) in [5.41, 5.74) is 0. The minimum atomic E-state index is -4.34. The lowest BCUT2D eigenvalue weighted by Crippen LogP contribution is -2.46. The van der Waals surface area contributed by atoms with E-state index in [9.17, 15) is 22.9 Å². The highest BCUT2D eigenvalue weighted by Gasteiger charge is 2.24. The third-order valence-corrected chi connectivity index (χ3v) is 7.80. The van der Waals surface area contributed by atoms with E-state index in [1.807, 2.05) is 0 Å². The Labute approximate surface area is 246 Å². The molecule has 0 rings (SSSR count). The van der Waals surface area contributed by atoms with Crippen LogP contribution in [0.2, 0.25) is 0 Å². The molecule has 0 spiro atoms. The zero-order valence-corrected chi connectivity index (χ0v) is 26.5. The average Bonchev–Trinajstić information content (AvgIpc) is 2.90. The standard InChI is InChI=1S/C33H61NO5S/c1-3-5-7-9-11-13-15-16-17-18-19-20-22-24-26-28-32(35)31(30-40(37,38)39)34-33(36)29-27-25-23-21-14-12-10-8-6-4-2/h8,10,19-20,26,28,31-32,35H,3-7,9,11-18,21-25,27,29-30H2,1-2H3,(H,34,36)(H,37,38,39)/b10-8-,20-19+,28-26+. The van der Waals surface area contributed by atoms with Crippen LogP contribution in [0.25, 0.3) is 0 Å². The van der Waals surface area contributed by atoms with Crippen molar-refractivity contribution in [3.8, 4) is 0 Å². The van der Waals surface area contributed by atoms with Gasteiger partial charge < -0.3 is 10.4 Å². The molecule has 3 N–H and O–H groups in total. The van der Waals surface area contributed by atoms with Crippen molar-refractivity contribution in [2.75, 3.05) is 5.75 Å². The van der Waals surface area contributed by atoms with E-state index in [2.05, 4.69) is 43.5 Å². The normalized spacial score (nSPS) is 14.0. The fourth-order valence-corrected chi connectivity index (χ4v) is 5.32. The summed E-state index contributed by atoms with van der Waals surface area (Å²) in [5.74, 6) is -1.02. The minimum Gasteiger partial charge on any atom is -0.387 e. The highest BCUT2D eigenvalue weighted by atomic mass is 32.2. The fourth-order valence-electron chi connectivity index (χ4n) is 4.58. The number of nitrogens with one attached hydrogen (secondary N) is 1. The molecule has 0 aromatic heterocycles. The van der Waals surface area contributed by atoms with Gasteiger partial charge in [-0.25, -0.2) is 0 Å². The van der Waals surface area contributed by atoms with E-state index in [1.165, 1.54) is 70.3 Å². The van der Waals surface area contributed by atoms with Gasteiger partial charge in [0.1, 0.15) is 0 Å². The summed E-state index contributed by atoms with van der Waals surface area (Å²) in [5, 5.41) is 13.1. The first-order valence-electron chi connectivity index (χ1n) is 16.2. The topological polar surface area (TPSA) is 104 Å². The predicted octanol–water partition coefficient (Wildman–Crippen LogP) is 8.62. The summed E-state index contributed by atoms with van der Waals surface area (Å²) < 4.78 is 32.2. The molecular formula is C33H61NO5S. The van der Waals surface area contributed by atoms with Crippen LogP contribution in [0.4, 0.5) is 0 Å². The van der Waals surface area contributed by atoms with Crippen LogP contribution in [0.1, 0.15) is 149 Å². The molecule has 0 heterocycles. The van der Waals surface area contributed by atoms with E-state index in [0.717, 1.165) is 51.4 Å². The van der Waals surface area contributed by atoms with E-state index < -0.39 is 28.0 Å². The maximum absolute atomic E-state index is 12.4. The zero-order valence-electron chi connectivity index (χ0n) is 25.7. The first-order chi connectivity index (χ1) is 19.3. The molecule has 2 unspecified atom stereocenters. The molecule has 0 bridgehead atoms. The number of hydrogen-bond acceptors (Lipinski definition) is 4. The Hall–Kier alpha value is -1.44. The fraction of sp³-hybridized carbons (Fsp3) is 0.788. The molecule has 0 saturated carbocycles. The molecule has 40 heavy (non-hydrogen) atoms. The smallest absolute Gasteiger partial charge is 0.267 e. The van der Waals surface area contributed by atoms with Gasteiger partial charge in [-0.1, -0.05) is 127 Å². The number of allylic oxidation sites excluding steroid dienone is 5. The van der Waals surface area contributed by atoms with Gasteiger partial charge >= 0.3 is 0 Å². The molecular weight excluding hydrogens is 522 g/mol. The van der Waals surface area contributed by atoms with Crippen LogP contribution in [-0.4, -0.2) is 41.9 Å². The van der Waals surface area contributed by atoms with Crippen LogP contribution >= 0.6 is 0 Å². The van der Waals surface area contributed by atoms with Crippen LogP contribution in [0.5, 0.6) is 0 Å². The van der Waals surface area contributed by atoms with Crippen molar-refractivity contribution >= 4 is 16.0 Å². The summed E-state index contributed by atoms with van der Waals surface area (Å²) in [7, 11) is -4.34. The second-order valence-corrected chi connectivity index (χ2v) is 12.6. The molecule has 0 aliphatic heterocycles. The quantitative estimate of drug-likeness (QED) is 0.0486. The van der Waals surface area contributed by atoms with Crippen molar-refractivity contribution in [2.24, 2.45) is 0 Å². The van der Waals surface area contributed by atoms with Crippen molar-refractivity contribution in [3.05, 3.63) is 36.5 Å². The largest absolute Gasteiger partial charge is 0.387 e. The molecule has 6 nitrogen and oxygen atoms in total. The maximum Gasteiger partial charge on any atom is 0.267 e. The third-order valence-electron chi connectivity index (χ3n) is 7.02. The summed E-state index contributed by atoms with van der Waals surface area (Å²) in [6.45, 7) is 4.42. The van der Waals surface area contributed by atoms with Gasteiger partial charge in [0.15, 0.2) is 0 Å². The van der Waals surface area contributed by atoms with Gasteiger partial charge in [0, 0.05) is 6.42 Å². The Morgan fingerprint density at radius 1 is 0.650 bits per heavy atom. The van der Waals surface area contributed by atoms with Crippen LogP contribution in [-0.2, 0) is 14.9 Å². The molecule has 0 aromatic rings. The average molecular weight is 584 g/mol. The molecule has 0 fully saturated rings. The van der Waals surface area contributed by atoms with Gasteiger partial charge in [0.05, 0.1) is 17.9 Å². The Bertz CT molecular complexity index is 776. The number of aliphatic hydroxyl groups is 1. The molecule has 0 radical (unpaired) electrons. The number of hydrogen-bond donors (Lipinski definition) is 3. The molecule has 0 aliphatic carbocycles. The summed E-state index contributed by atoms with van der Waals surface area (Å²) in [6, 6.07) is -1.07. The summed E-state index contributed by atoms with van der Waals surface area (Å²) in [6.07, 6.45) is 34.2. The first kappa shape index (κ1) is 38.6. The molecule has 2 atom stereocenters. The monoisotopic (exact) mass is 583 g/mol. The van der Waals surface area contributed by atoms with Gasteiger partial charge in [-0.3, -0.25) is 9.35 Å². The molecule has 0 aliphatic rings. The molecule has 0 aromatic carbocycles. The van der Waals surface area contributed by atoms with Gasteiger partial charge in [-0.05, 0) is 51.4 Å². The second-order valence-electron chi connectivity index (χ2n) is 11.1. The Morgan fingerprint density at radius 2 is 1.12 bits per heavy atom. The molecule has 1 amide bonds. The van der Waals surface area contributed by atoms with E-state index in [0.29, 0.717) is 12.8 Å². The Kier molecular flexibility index (Phi) is 26.7. The second kappa shape index (κ2) is 27.7. The van der Waals surface area contributed by atoms with Crippen molar-refractivity contribution in [3.63, 3.8) is 0 Å². The molecule has 0 saturated heterocycles. The number of aliphatic hydroxyl groups excluding tert-OH is 1. The van der Waals surface area contributed by atoms with Crippen molar-refractivity contribution in [1.29, 1.82) is 0 Å². The Morgan fingerprint density at radius 3 is 1.68 bits per heavy atom. The van der Waals surface area contributed by atoms with Crippen molar-refractivity contribution < 1.29 is 22.9 Å². The lowest BCUT2D eigenvalue weighted by molar-refractivity contribution is -0.122. The van der Waals surface area contributed by atoms with Crippen LogP contribution in [0.3, 0.4) is 0 Å². The minimum absolute atomic E-state index is 0.276. The highest BCUT2D eigenvalue weighted by Crippen LogP contribution is 2.12. The number of unbranched alkanes of at least 4 members (excludes halogenated alkanes) is 16. The van der Waals surface area contributed by atoms with Crippen molar-refractivity contribution in [1.82, 2.24) is 5.32 Å². The lowest BCUT2D eigenvalue weighted by Gasteiger charge is -2.21. The number of carbonyl (C=O) groups excluding carboxylic acids is 1. The molecule has 7 heteroatoms. The van der Waals surface area contributed by atoms with Crippen LogP contribution in [0, 0.1) is 0 Å². The van der Waals surface area contributed by atoms with E-state index in [-0.39, 0.29) is 12.3 Å². The van der Waals surface area contributed by atoms with Crippen LogP contribution < -0.4 is 5.32 Å². The predicted molar refractivity (Wildman–Crippen MR) is 170 cm³/mol. The van der Waals surface area contributed by atoms with Crippen LogP contribution in [0.15, 0.2) is 36.5 Å². The van der Waals surface area contributed by atoms with E-state index in [1.54, 1.807) is 6.08 Å². The third kappa shape index (κ3) is 28.1. The van der Waals surface area contributed by atoms with E-state index in [4.69, 9.17) is 0 Å². The van der Waals surface area contributed by atoms with Crippen molar-refractivity contribution in [2.45, 2.75) is 161 Å². The number of carbonyl (C=O) groups is 1. The SMILES string of the molecule is CCC/C=C\CCCCCCCC(=O)NC(CS(=O)(=O)O)C(O)/C=C/CC/C=C/CCCCCCCCCCC. The number of rotatable bonds is 28. The number of amides is 1. The van der Waals surface area contributed by atoms with Gasteiger partial charge in [0.2, 0.25) is 5.91 Å². The molecule has 234 valence electrons. The Balaban J connectivity index is 4.13. The highest BCUT2D eigenvalue weighted by molar-refractivity contribution is 7.85. The summed E-state index contributed by atoms with van der Waals surface area (Å²) >= 11 is 0. The van der Waals surface area contributed by atoms with E-state index >= 15 is 0 Å². The zero-order chi connectivity index (χ0) is 29.7. The first-order valence-corrected chi connectivity index (χ1v) is 17.8. The lowest BCUT2D eigenvalue weighted by atomic mass is 10.1. The van der Waals surface area contributed by atoms with Gasteiger partial charge in [-0.15, -0.1) is 0 Å². The van der Waals surface area contributed by atoms with Gasteiger partial charge in [-0.2, -0.15) is 8.42 Å². The maximum atomic E-state index is 12.4. The van der Waals surface area contributed by atoms with Gasteiger partial charge in [0.25, 0.3) is 10.1 Å².